The summed E-state index contributed by atoms with van der Waals surface area (Å²) in [5.74, 6) is 0.0176. The molecule has 0 aromatic carbocycles. The van der Waals surface area contributed by atoms with Crippen LogP contribution >= 0.6 is 0 Å². The predicted molar refractivity (Wildman–Crippen MR) is 134 cm³/mol. The molecule has 2 fully saturated rings. The molecular weight excluding hydrogens is 488 g/mol. The van der Waals surface area contributed by atoms with Crippen molar-refractivity contribution in [1.82, 2.24) is 10.2 Å². The van der Waals surface area contributed by atoms with Gasteiger partial charge in [-0.3, -0.25) is 4.79 Å². The smallest absolute Gasteiger partial charge is 0.219 e. The minimum absolute atomic E-state index is 0.0176. The molecule has 37 heavy (non-hydrogen) atoms. The molecule has 2 rings (SSSR count). The van der Waals surface area contributed by atoms with Gasteiger partial charge in [-0.15, -0.1) is 0 Å². The number of amides is 1. The van der Waals surface area contributed by atoms with Gasteiger partial charge >= 0.3 is 0 Å². The zero-order valence-corrected chi connectivity index (χ0v) is 22.1. The molecule has 12 heteroatoms. The summed E-state index contributed by atoms with van der Waals surface area (Å²) in [4.78, 5) is 13.7. The minimum atomic E-state index is -1.38. The number of hydrogen-bond donors (Lipinski definition) is 8. The Balaban J connectivity index is 1.84. The van der Waals surface area contributed by atoms with E-state index in [2.05, 4.69) is 10.2 Å². The van der Waals surface area contributed by atoms with Crippen molar-refractivity contribution in [2.45, 2.75) is 119 Å². The number of aliphatic hydroxyl groups is 7. The third-order valence-electron chi connectivity index (χ3n) is 7.53. The largest absolute Gasteiger partial charge is 0.394 e. The van der Waals surface area contributed by atoms with Crippen LogP contribution in [-0.4, -0.2) is 141 Å². The molecule has 2 aliphatic rings. The van der Waals surface area contributed by atoms with Crippen molar-refractivity contribution in [2.24, 2.45) is 0 Å². The Bertz CT molecular complexity index is 657. The number of nitrogens with zero attached hydrogens (tertiary/aromatic N) is 1. The zero-order valence-electron chi connectivity index (χ0n) is 22.1. The van der Waals surface area contributed by atoms with E-state index in [1.54, 1.807) is 14.0 Å². The van der Waals surface area contributed by atoms with Crippen LogP contribution in [0.4, 0.5) is 0 Å². The van der Waals surface area contributed by atoms with Gasteiger partial charge in [0.2, 0.25) is 5.91 Å². The third-order valence-corrected chi connectivity index (χ3v) is 7.53. The summed E-state index contributed by atoms with van der Waals surface area (Å²) in [6, 6.07) is 0. The van der Waals surface area contributed by atoms with Gasteiger partial charge in [-0.05, 0) is 65.1 Å². The lowest BCUT2D eigenvalue weighted by Crippen LogP contribution is -2.58. The van der Waals surface area contributed by atoms with Crippen LogP contribution < -0.4 is 5.32 Å². The van der Waals surface area contributed by atoms with Crippen molar-refractivity contribution >= 4 is 5.91 Å². The van der Waals surface area contributed by atoms with Crippen LogP contribution in [0.1, 0.15) is 58.3 Å². The fraction of sp³-hybridized carbons (Fsp3) is 0.960. The van der Waals surface area contributed by atoms with Crippen LogP contribution in [0, 0.1) is 0 Å². The second-order valence-electron chi connectivity index (χ2n) is 10.3. The topological polar surface area (TPSA) is 192 Å². The number of carbonyl (C=O) groups is 1. The molecule has 10 atom stereocenters. The molecule has 0 spiro atoms. The van der Waals surface area contributed by atoms with Gasteiger partial charge in [-0.2, -0.15) is 0 Å². The Morgan fingerprint density at radius 3 is 1.78 bits per heavy atom. The Labute approximate surface area is 219 Å². The van der Waals surface area contributed by atoms with E-state index in [9.17, 15) is 40.5 Å². The lowest BCUT2D eigenvalue weighted by Gasteiger charge is -2.40. The Morgan fingerprint density at radius 2 is 1.22 bits per heavy atom. The quantitative estimate of drug-likeness (QED) is 0.107. The molecule has 0 aromatic heterocycles. The summed E-state index contributed by atoms with van der Waals surface area (Å²) >= 11 is 0. The molecular formula is C25H48N2O10. The highest BCUT2D eigenvalue weighted by atomic mass is 16.5. The van der Waals surface area contributed by atoms with Crippen molar-refractivity contribution in [1.29, 1.82) is 0 Å². The summed E-state index contributed by atoms with van der Waals surface area (Å²) < 4.78 is 11.3. The van der Waals surface area contributed by atoms with Crippen LogP contribution in [0.2, 0.25) is 0 Å². The molecule has 2 aliphatic heterocycles. The molecule has 2 heterocycles. The van der Waals surface area contributed by atoms with Gasteiger partial charge < -0.3 is 55.4 Å². The predicted octanol–water partition coefficient (Wildman–Crippen LogP) is -2.13. The first kappa shape index (κ1) is 32.3. The molecule has 0 bridgehead atoms. The summed E-state index contributed by atoms with van der Waals surface area (Å²) in [5.41, 5.74) is 0. The molecule has 0 aliphatic carbocycles. The van der Waals surface area contributed by atoms with Crippen molar-refractivity contribution in [3.63, 3.8) is 0 Å². The highest BCUT2D eigenvalue weighted by molar-refractivity contribution is 5.75. The van der Waals surface area contributed by atoms with Gasteiger partial charge in [0, 0.05) is 13.5 Å². The van der Waals surface area contributed by atoms with Crippen molar-refractivity contribution in [3.8, 4) is 0 Å². The van der Waals surface area contributed by atoms with Gasteiger partial charge in [-0.25, -0.2) is 0 Å². The number of nitrogens with one attached hydrogen (secondary N) is 1. The van der Waals surface area contributed by atoms with Gasteiger partial charge in [0.05, 0.1) is 24.9 Å². The third kappa shape index (κ3) is 9.64. The van der Waals surface area contributed by atoms with Gasteiger partial charge in [-0.1, -0.05) is 6.42 Å². The maximum Gasteiger partial charge on any atom is 0.219 e. The lowest BCUT2D eigenvalue weighted by atomic mass is 9.92. The summed E-state index contributed by atoms with van der Waals surface area (Å²) in [5, 5.41) is 72.5. The van der Waals surface area contributed by atoms with Gasteiger partial charge in [0.15, 0.2) is 0 Å². The van der Waals surface area contributed by atoms with Crippen LogP contribution in [0.15, 0.2) is 0 Å². The minimum Gasteiger partial charge on any atom is -0.394 e. The first-order valence-electron chi connectivity index (χ1n) is 13.5. The van der Waals surface area contributed by atoms with E-state index in [1.807, 2.05) is 0 Å². The SMILES string of the molecule is CNC(=O)CCCCCN(CCC[C@@H]1O[C@H](CO)[C@@H](O)[C@H](O)[C@H]1O)CCC[C@@H]1O[C@@H](C)[C@@H](O)[C@@H](O)[C@@H]1O. The molecule has 0 saturated carbocycles. The fourth-order valence-corrected chi connectivity index (χ4v) is 5.08. The molecule has 0 aromatic rings. The number of unbranched alkanes of at least 4 members (excludes halogenated alkanes) is 2. The maximum atomic E-state index is 11.4. The number of carbonyl (C=O) groups excluding carboxylic acids is 1. The molecule has 218 valence electrons. The Morgan fingerprint density at radius 1 is 0.703 bits per heavy atom. The molecule has 0 unspecified atom stereocenters. The molecule has 1 amide bonds. The Kier molecular flexibility index (Phi) is 14.2. The zero-order chi connectivity index (χ0) is 27.5. The maximum absolute atomic E-state index is 11.4. The monoisotopic (exact) mass is 536 g/mol. The number of hydrogen-bond acceptors (Lipinski definition) is 11. The van der Waals surface area contributed by atoms with Crippen LogP contribution in [0.3, 0.4) is 0 Å². The second kappa shape index (κ2) is 16.2. The molecule has 0 radical (unpaired) electrons. The lowest BCUT2D eigenvalue weighted by molar-refractivity contribution is -0.230. The molecule has 8 N–H and O–H groups in total. The van der Waals surface area contributed by atoms with Gasteiger partial charge in [0.1, 0.15) is 42.7 Å². The van der Waals surface area contributed by atoms with E-state index >= 15 is 0 Å². The fourth-order valence-electron chi connectivity index (χ4n) is 5.08. The van der Waals surface area contributed by atoms with Crippen molar-refractivity contribution in [3.05, 3.63) is 0 Å². The summed E-state index contributed by atoms with van der Waals surface area (Å²) in [6.45, 7) is 3.37. The second-order valence-corrected chi connectivity index (χ2v) is 10.3. The number of ether oxygens (including phenoxy) is 2. The average Bonchev–Trinajstić information content (AvgIpc) is 2.89. The summed E-state index contributed by atoms with van der Waals surface area (Å²) in [7, 11) is 1.62. The standard InChI is InChI=1S/C25H48N2O10/c1-15-20(30)24(34)21(31)16(36-15)8-6-12-27(11-5-3-4-10-19(29)26-2)13-7-9-17-22(32)25(35)23(33)18(14-28)37-17/h15-18,20-25,28,30-35H,3-14H2,1-2H3,(H,26,29)/t15-,16-,17-,18+,20+,21+,22-,23+,24+,25+/m0/s1. The van der Waals surface area contributed by atoms with E-state index in [1.165, 1.54) is 0 Å². The van der Waals surface area contributed by atoms with Crippen LogP contribution in [0.5, 0.6) is 0 Å². The highest BCUT2D eigenvalue weighted by Crippen LogP contribution is 2.25. The van der Waals surface area contributed by atoms with E-state index in [0.717, 1.165) is 25.8 Å². The normalized spacial score (nSPS) is 36.6. The van der Waals surface area contributed by atoms with Crippen LogP contribution in [-0.2, 0) is 14.3 Å². The van der Waals surface area contributed by atoms with Crippen molar-refractivity contribution < 1.29 is 50.0 Å². The molecule has 12 nitrogen and oxygen atoms in total. The van der Waals surface area contributed by atoms with E-state index in [0.29, 0.717) is 45.2 Å². The van der Waals surface area contributed by atoms with E-state index < -0.39 is 67.6 Å². The van der Waals surface area contributed by atoms with Gasteiger partial charge in [0.25, 0.3) is 0 Å². The molecule has 2 saturated heterocycles. The first-order chi connectivity index (χ1) is 17.6. The van der Waals surface area contributed by atoms with E-state index in [-0.39, 0.29) is 5.91 Å². The summed E-state index contributed by atoms with van der Waals surface area (Å²) in [6.07, 6.45) is -4.97. The van der Waals surface area contributed by atoms with Crippen molar-refractivity contribution in [2.75, 3.05) is 33.3 Å². The average molecular weight is 537 g/mol. The highest BCUT2D eigenvalue weighted by Gasteiger charge is 2.43. The van der Waals surface area contributed by atoms with E-state index in [4.69, 9.17) is 9.47 Å². The number of aliphatic hydroxyl groups excluding tert-OH is 7. The first-order valence-corrected chi connectivity index (χ1v) is 13.5. The van der Waals surface area contributed by atoms with Crippen LogP contribution in [0.25, 0.3) is 0 Å². The Hall–Kier alpha value is -0.930. The number of rotatable bonds is 15.